The smallest absolute Gasteiger partial charge is 0.205 e. The second-order valence-corrected chi connectivity index (χ2v) is 7.25. The molecule has 2 heterocycles. The average Bonchev–Trinajstić information content (AvgIpc) is 2.77. The maximum atomic E-state index is 8.91. The van der Waals surface area contributed by atoms with Gasteiger partial charge in [-0.2, -0.15) is 9.83 Å². The SMILES string of the molecule is CCCCCCCC[n+]1ccc(-c2cc[n+](-c3ccc(C#N)cc3)cc2)cc1. The number of unbranched alkanes of at least 4 members (excludes halogenated alkanes) is 5. The third-order valence-corrected chi connectivity index (χ3v) is 5.12. The molecule has 28 heavy (non-hydrogen) atoms. The molecule has 0 saturated heterocycles. The standard InChI is InChI=1S/C25H29N3/c1-2-3-4-5-6-7-16-27-17-12-23(13-18-27)24-14-19-28(20-15-24)25-10-8-22(21-26)9-11-25/h8-15,17-20H,2-7,16H2,1H3/q+2. The molecule has 0 amide bonds. The lowest BCUT2D eigenvalue weighted by molar-refractivity contribution is -0.697. The Bertz CT molecular complexity index is 889. The highest BCUT2D eigenvalue weighted by atomic mass is 14.9. The van der Waals surface area contributed by atoms with E-state index in [1.165, 1.54) is 49.7 Å². The number of aryl methyl sites for hydroxylation is 1. The fourth-order valence-electron chi connectivity index (χ4n) is 3.37. The monoisotopic (exact) mass is 371 g/mol. The summed E-state index contributed by atoms with van der Waals surface area (Å²) in [6.45, 7) is 3.36. The molecule has 3 heteroatoms. The van der Waals surface area contributed by atoms with E-state index in [9.17, 15) is 0 Å². The number of hydrogen-bond donors (Lipinski definition) is 0. The van der Waals surface area contributed by atoms with Gasteiger partial charge in [0.25, 0.3) is 0 Å². The number of benzene rings is 1. The Kier molecular flexibility index (Phi) is 7.32. The van der Waals surface area contributed by atoms with Gasteiger partial charge in [0, 0.05) is 42.8 Å². The lowest BCUT2D eigenvalue weighted by Gasteiger charge is -2.02. The van der Waals surface area contributed by atoms with Gasteiger partial charge in [-0.25, -0.2) is 4.57 Å². The summed E-state index contributed by atoms with van der Waals surface area (Å²) in [5.74, 6) is 0. The second-order valence-electron chi connectivity index (χ2n) is 7.25. The van der Waals surface area contributed by atoms with Crippen LogP contribution in [0.3, 0.4) is 0 Å². The normalized spacial score (nSPS) is 10.6. The maximum absolute atomic E-state index is 8.91. The molecule has 0 radical (unpaired) electrons. The van der Waals surface area contributed by atoms with Gasteiger partial charge in [0.15, 0.2) is 24.8 Å². The van der Waals surface area contributed by atoms with Gasteiger partial charge in [-0.1, -0.05) is 32.6 Å². The van der Waals surface area contributed by atoms with Gasteiger partial charge in [0.2, 0.25) is 5.69 Å². The van der Waals surface area contributed by atoms with E-state index in [0.717, 1.165) is 12.2 Å². The summed E-state index contributed by atoms with van der Waals surface area (Å²) in [7, 11) is 0. The summed E-state index contributed by atoms with van der Waals surface area (Å²) in [6.07, 6.45) is 16.5. The summed E-state index contributed by atoms with van der Waals surface area (Å²) in [5.41, 5.74) is 4.16. The van der Waals surface area contributed by atoms with Crippen LogP contribution in [0.1, 0.15) is 51.0 Å². The van der Waals surface area contributed by atoms with Crippen molar-refractivity contribution < 1.29 is 9.13 Å². The predicted octanol–water partition coefficient (Wildman–Crippen LogP) is 5.15. The molecule has 0 aliphatic heterocycles. The first-order valence-electron chi connectivity index (χ1n) is 10.3. The van der Waals surface area contributed by atoms with E-state index in [2.05, 4.69) is 71.2 Å². The van der Waals surface area contributed by atoms with Gasteiger partial charge in [0.1, 0.15) is 6.54 Å². The van der Waals surface area contributed by atoms with Crippen LogP contribution >= 0.6 is 0 Å². The van der Waals surface area contributed by atoms with E-state index in [-0.39, 0.29) is 0 Å². The van der Waals surface area contributed by atoms with Crippen molar-refractivity contribution in [1.29, 1.82) is 5.26 Å². The molecule has 0 fully saturated rings. The molecule has 0 atom stereocenters. The minimum atomic E-state index is 0.680. The number of nitrogens with zero attached hydrogens (tertiary/aromatic N) is 3. The first-order chi connectivity index (χ1) is 13.8. The number of hydrogen-bond acceptors (Lipinski definition) is 1. The molecule has 0 spiro atoms. The minimum absolute atomic E-state index is 0.680. The Morgan fingerprint density at radius 2 is 1.29 bits per heavy atom. The summed E-state index contributed by atoms with van der Waals surface area (Å²) >= 11 is 0. The summed E-state index contributed by atoms with van der Waals surface area (Å²) < 4.78 is 4.34. The minimum Gasteiger partial charge on any atom is -0.205 e. The molecule has 0 bridgehead atoms. The Morgan fingerprint density at radius 3 is 1.89 bits per heavy atom. The van der Waals surface area contributed by atoms with Crippen LogP contribution in [0, 0.1) is 11.3 Å². The Labute approximate surface area is 168 Å². The number of aromatic nitrogens is 2. The molecule has 0 N–H and O–H groups in total. The quantitative estimate of drug-likeness (QED) is 0.378. The van der Waals surface area contributed by atoms with Crippen LogP contribution in [0.4, 0.5) is 0 Å². The van der Waals surface area contributed by atoms with Crippen molar-refractivity contribution in [3.8, 4) is 22.9 Å². The van der Waals surface area contributed by atoms with E-state index < -0.39 is 0 Å². The van der Waals surface area contributed by atoms with E-state index in [4.69, 9.17) is 5.26 Å². The molecule has 0 saturated carbocycles. The predicted molar refractivity (Wildman–Crippen MR) is 112 cm³/mol. The van der Waals surface area contributed by atoms with E-state index >= 15 is 0 Å². The van der Waals surface area contributed by atoms with Crippen LogP contribution in [0.15, 0.2) is 73.3 Å². The van der Waals surface area contributed by atoms with Crippen molar-refractivity contribution in [3.63, 3.8) is 0 Å². The molecule has 0 unspecified atom stereocenters. The van der Waals surface area contributed by atoms with Crippen LogP contribution in [0.5, 0.6) is 0 Å². The fourth-order valence-corrected chi connectivity index (χ4v) is 3.37. The Balaban J connectivity index is 1.57. The van der Waals surface area contributed by atoms with Crippen molar-refractivity contribution in [2.75, 3.05) is 0 Å². The first kappa shape index (κ1) is 19.8. The van der Waals surface area contributed by atoms with E-state index in [1.807, 2.05) is 24.3 Å². The third kappa shape index (κ3) is 5.50. The van der Waals surface area contributed by atoms with Gasteiger partial charge >= 0.3 is 0 Å². The van der Waals surface area contributed by atoms with Crippen LogP contribution < -0.4 is 9.13 Å². The zero-order valence-electron chi connectivity index (χ0n) is 16.7. The van der Waals surface area contributed by atoms with Gasteiger partial charge in [-0.15, -0.1) is 0 Å². The Hall–Kier alpha value is -2.99. The molecule has 1 aromatic carbocycles. The van der Waals surface area contributed by atoms with Crippen LogP contribution in [-0.4, -0.2) is 0 Å². The highest BCUT2D eigenvalue weighted by Crippen LogP contribution is 2.16. The van der Waals surface area contributed by atoms with Gasteiger partial charge in [0.05, 0.1) is 11.6 Å². The second kappa shape index (κ2) is 10.4. The lowest BCUT2D eigenvalue weighted by Crippen LogP contribution is -2.32. The van der Waals surface area contributed by atoms with E-state index in [0.29, 0.717) is 5.56 Å². The molecule has 3 aromatic rings. The molecule has 0 aliphatic rings. The maximum Gasteiger partial charge on any atom is 0.210 e. The first-order valence-corrected chi connectivity index (χ1v) is 10.3. The number of rotatable bonds is 9. The van der Waals surface area contributed by atoms with Gasteiger partial charge in [-0.3, -0.25) is 0 Å². The van der Waals surface area contributed by atoms with Crippen molar-refractivity contribution in [3.05, 3.63) is 78.9 Å². The highest BCUT2D eigenvalue weighted by molar-refractivity contribution is 5.61. The van der Waals surface area contributed by atoms with Crippen LogP contribution in [0.2, 0.25) is 0 Å². The highest BCUT2D eigenvalue weighted by Gasteiger charge is 2.08. The zero-order valence-corrected chi connectivity index (χ0v) is 16.7. The number of pyridine rings is 2. The largest absolute Gasteiger partial charge is 0.210 e. The summed E-state index contributed by atoms with van der Waals surface area (Å²) in [4.78, 5) is 0. The molecule has 0 aliphatic carbocycles. The average molecular weight is 372 g/mol. The number of nitriles is 1. The van der Waals surface area contributed by atoms with Crippen molar-refractivity contribution in [1.82, 2.24) is 0 Å². The molecular weight excluding hydrogens is 342 g/mol. The third-order valence-electron chi connectivity index (χ3n) is 5.12. The molecular formula is C25H29N3+2. The van der Waals surface area contributed by atoms with Crippen molar-refractivity contribution >= 4 is 0 Å². The topological polar surface area (TPSA) is 31.5 Å². The van der Waals surface area contributed by atoms with Crippen molar-refractivity contribution in [2.24, 2.45) is 0 Å². The zero-order chi connectivity index (χ0) is 19.6. The Morgan fingerprint density at radius 1 is 0.714 bits per heavy atom. The molecule has 3 nitrogen and oxygen atoms in total. The lowest BCUT2D eigenvalue weighted by atomic mass is 10.1. The van der Waals surface area contributed by atoms with E-state index in [1.54, 1.807) is 0 Å². The van der Waals surface area contributed by atoms with Gasteiger partial charge in [-0.05, 0) is 29.7 Å². The van der Waals surface area contributed by atoms with Crippen LogP contribution in [0.25, 0.3) is 16.8 Å². The fraction of sp³-hybridized carbons (Fsp3) is 0.320. The summed E-state index contributed by atoms with van der Waals surface area (Å²) in [5, 5.41) is 8.91. The molecule has 2 aromatic heterocycles. The van der Waals surface area contributed by atoms with Crippen molar-refractivity contribution in [2.45, 2.75) is 52.0 Å². The molecule has 142 valence electrons. The van der Waals surface area contributed by atoms with Gasteiger partial charge < -0.3 is 0 Å². The summed E-state index contributed by atoms with van der Waals surface area (Å²) in [6, 6.07) is 18.4. The molecule has 3 rings (SSSR count). The van der Waals surface area contributed by atoms with Crippen LogP contribution in [-0.2, 0) is 6.54 Å².